The van der Waals surface area contributed by atoms with Gasteiger partial charge in [0, 0.05) is 12.8 Å². The number of hydrogen-bond donors (Lipinski definition) is 1. The molecule has 1 nitrogen and oxygen atoms in total. The Balaban J connectivity index is 2.38. The van der Waals surface area contributed by atoms with E-state index in [0.717, 1.165) is 0 Å². The summed E-state index contributed by atoms with van der Waals surface area (Å²) in [5.74, 6) is -8.06. The molecule has 2 N–H and O–H groups in total. The first kappa shape index (κ1) is 11.4. The Labute approximate surface area is 90.3 Å². The van der Waals surface area contributed by atoms with Gasteiger partial charge in [-0.25, -0.2) is 0 Å². The van der Waals surface area contributed by atoms with Crippen LogP contribution in [-0.4, -0.2) is 11.8 Å². The molecule has 0 amide bonds. The molecule has 0 atom stereocenters. The number of alkyl halides is 4. The highest BCUT2D eigenvalue weighted by Gasteiger charge is 2.67. The second-order valence-corrected chi connectivity index (χ2v) is 4.28. The number of hydrogen-bond acceptors (Lipinski definition) is 1. The minimum atomic E-state index is -4.03. The first-order valence-corrected chi connectivity index (χ1v) is 4.87. The van der Waals surface area contributed by atoms with Gasteiger partial charge >= 0.3 is 11.8 Å². The van der Waals surface area contributed by atoms with Crippen molar-refractivity contribution < 1.29 is 17.6 Å². The van der Waals surface area contributed by atoms with E-state index in [4.69, 9.17) is 5.73 Å². The third-order valence-electron chi connectivity index (χ3n) is 2.96. The molecule has 2 rings (SSSR count). The third kappa shape index (κ3) is 1.59. The van der Waals surface area contributed by atoms with Crippen molar-refractivity contribution in [1.82, 2.24) is 0 Å². The lowest BCUT2D eigenvalue weighted by Crippen LogP contribution is -2.35. The van der Waals surface area contributed by atoms with E-state index in [0.29, 0.717) is 5.56 Å². The highest BCUT2D eigenvalue weighted by molar-refractivity contribution is 5.28. The monoisotopic (exact) mass is 233 g/mol. The highest BCUT2D eigenvalue weighted by Crippen LogP contribution is 2.54. The summed E-state index contributed by atoms with van der Waals surface area (Å²) in [6.45, 7) is 0. The average molecular weight is 233 g/mol. The van der Waals surface area contributed by atoms with Crippen molar-refractivity contribution in [3.8, 4) is 0 Å². The molecule has 16 heavy (non-hydrogen) atoms. The quantitative estimate of drug-likeness (QED) is 0.741. The molecule has 1 aliphatic carbocycles. The molecule has 0 aromatic heterocycles. The third-order valence-corrected chi connectivity index (χ3v) is 2.96. The highest BCUT2D eigenvalue weighted by atomic mass is 19.3. The average Bonchev–Trinajstić information content (AvgIpc) is 2.33. The van der Waals surface area contributed by atoms with Gasteiger partial charge in [-0.1, -0.05) is 30.3 Å². The number of halogens is 4. The number of rotatable bonds is 1. The van der Waals surface area contributed by atoms with Crippen molar-refractivity contribution in [1.29, 1.82) is 0 Å². The Bertz CT molecular complexity index is 372. The zero-order valence-electron chi connectivity index (χ0n) is 8.39. The predicted molar refractivity (Wildman–Crippen MR) is 51.4 cm³/mol. The maximum atomic E-state index is 13.1. The van der Waals surface area contributed by atoms with Gasteiger partial charge in [-0.15, -0.1) is 0 Å². The van der Waals surface area contributed by atoms with Crippen LogP contribution in [0, 0.1) is 0 Å². The van der Waals surface area contributed by atoms with Crippen molar-refractivity contribution in [2.24, 2.45) is 5.73 Å². The fourth-order valence-corrected chi connectivity index (χ4v) is 2.09. The zero-order valence-corrected chi connectivity index (χ0v) is 8.39. The molecule has 1 aromatic rings. The normalized spacial score (nSPS) is 25.6. The van der Waals surface area contributed by atoms with Gasteiger partial charge in [0.05, 0.1) is 5.54 Å². The van der Waals surface area contributed by atoms with Gasteiger partial charge in [0.25, 0.3) is 0 Å². The Morgan fingerprint density at radius 3 is 1.75 bits per heavy atom. The summed E-state index contributed by atoms with van der Waals surface area (Å²) < 4.78 is 52.3. The molecule has 0 aliphatic heterocycles. The molecule has 88 valence electrons. The van der Waals surface area contributed by atoms with Crippen LogP contribution >= 0.6 is 0 Å². The Morgan fingerprint density at radius 2 is 1.31 bits per heavy atom. The molecule has 1 aliphatic rings. The van der Waals surface area contributed by atoms with Crippen molar-refractivity contribution in [2.75, 3.05) is 0 Å². The fraction of sp³-hybridized carbons (Fsp3) is 0.455. The molecule has 0 heterocycles. The van der Waals surface area contributed by atoms with Crippen molar-refractivity contribution >= 4 is 0 Å². The van der Waals surface area contributed by atoms with Crippen molar-refractivity contribution in [2.45, 2.75) is 30.2 Å². The predicted octanol–water partition coefficient (Wildman–Crippen LogP) is 2.91. The van der Waals surface area contributed by atoms with Gasteiger partial charge in [-0.05, 0) is 5.56 Å². The van der Waals surface area contributed by atoms with Gasteiger partial charge < -0.3 is 5.73 Å². The second-order valence-electron chi connectivity index (χ2n) is 4.28. The van der Waals surface area contributed by atoms with Gasteiger partial charge in [-0.2, -0.15) is 17.6 Å². The molecule has 0 unspecified atom stereocenters. The summed E-state index contributed by atoms with van der Waals surface area (Å²) >= 11 is 0. The molecule has 0 spiro atoms. The zero-order chi connectivity index (χ0) is 12.0. The van der Waals surface area contributed by atoms with Crippen LogP contribution in [0.1, 0.15) is 18.4 Å². The first-order valence-electron chi connectivity index (χ1n) is 4.87. The van der Waals surface area contributed by atoms with Crippen molar-refractivity contribution in [3.05, 3.63) is 35.9 Å². The van der Waals surface area contributed by atoms with E-state index in [-0.39, 0.29) is 0 Å². The van der Waals surface area contributed by atoms with Gasteiger partial charge in [0.15, 0.2) is 0 Å². The van der Waals surface area contributed by atoms with Crippen LogP contribution in [0.5, 0.6) is 0 Å². The fourth-order valence-electron chi connectivity index (χ4n) is 2.09. The largest absolute Gasteiger partial charge is 0.321 e. The first-order chi connectivity index (χ1) is 7.27. The van der Waals surface area contributed by atoms with Crippen LogP contribution in [0.15, 0.2) is 30.3 Å². The van der Waals surface area contributed by atoms with E-state index in [9.17, 15) is 17.6 Å². The van der Waals surface area contributed by atoms with Crippen molar-refractivity contribution in [3.63, 3.8) is 0 Å². The maximum absolute atomic E-state index is 13.1. The lowest BCUT2D eigenvalue weighted by atomic mass is 9.89. The molecule has 0 radical (unpaired) electrons. The standard InChI is InChI=1S/C11H11F4N/c12-10(13)6-9(16,7-11(10,14)15)8-4-2-1-3-5-8/h1-5H,6-7,16H2. The molecule has 5 heteroatoms. The second kappa shape index (κ2) is 3.20. The molecular formula is C11H11F4N. The van der Waals surface area contributed by atoms with Crippen LogP contribution in [0.25, 0.3) is 0 Å². The molecule has 0 bridgehead atoms. The van der Waals surface area contributed by atoms with Crippen LogP contribution < -0.4 is 5.73 Å². The Morgan fingerprint density at radius 1 is 0.875 bits per heavy atom. The van der Waals surface area contributed by atoms with E-state index in [1.54, 1.807) is 18.2 Å². The molecule has 1 fully saturated rings. The lowest BCUT2D eigenvalue weighted by molar-refractivity contribution is -0.185. The summed E-state index contributed by atoms with van der Waals surface area (Å²) in [7, 11) is 0. The number of benzene rings is 1. The smallest absolute Gasteiger partial charge is 0.312 e. The van der Waals surface area contributed by atoms with E-state index >= 15 is 0 Å². The molecule has 0 saturated heterocycles. The maximum Gasteiger partial charge on any atom is 0.312 e. The lowest BCUT2D eigenvalue weighted by Gasteiger charge is -2.23. The van der Waals surface area contributed by atoms with Gasteiger partial charge in [-0.3, -0.25) is 0 Å². The topological polar surface area (TPSA) is 26.0 Å². The number of nitrogens with two attached hydrogens (primary N) is 1. The van der Waals surface area contributed by atoms with Crippen LogP contribution in [0.4, 0.5) is 17.6 Å². The van der Waals surface area contributed by atoms with Crippen LogP contribution in [-0.2, 0) is 5.54 Å². The van der Waals surface area contributed by atoms with E-state index in [2.05, 4.69) is 0 Å². The summed E-state index contributed by atoms with van der Waals surface area (Å²) in [4.78, 5) is 0. The van der Waals surface area contributed by atoms with Gasteiger partial charge in [0.2, 0.25) is 0 Å². The molecular weight excluding hydrogens is 222 g/mol. The van der Waals surface area contributed by atoms with Gasteiger partial charge in [0.1, 0.15) is 0 Å². The van der Waals surface area contributed by atoms with E-state index in [1.807, 2.05) is 0 Å². The summed E-state index contributed by atoms with van der Waals surface area (Å²) in [5, 5.41) is 0. The summed E-state index contributed by atoms with van der Waals surface area (Å²) in [6.07, 6.45) is -2.03. The van der Waals surface area contributed by atoms with E-state index < -0.39 is 30.2 Å². The molecule has 1 aromatic carbocycles. The van der Waals surface area contributed by atoms with E-state index in [1.165, 1.54) is 12.1 Å². The molecule has 1 saturated carbocycles. The SMILES string of the molecule is NC1(c2ccccc2)CC(F)(F)C(F)(F)C1. The minimum absolute atomic E-state index is 0.326. The summed E-state index contributed by atoms with van der Waals surface area (Å²) in [6, 6.07) is 7.87. The van der Waals surface area contributed by atoms with Crippen LogP contribution in [0.2, 0.25) is 0 Å². The Hall–Kier alpha value is -1.10. The van der Waals surface area contributed by atoms with Crippen LogP contribution in [0.3, 0.4) is 0 Å². The summed E-state index contributed by atoms with van der Waals surface area (Å²) in [5.41, 5.74) is 4.35. The minimum Gasteiger partial charge on any atom is -0.321 e. The Kier molecular flexibility index (Phi) is 2.28.